The first-order valence-electron chi connectivity index (χ1n) is 6.75. The van der Waals surface area contributed by atoms with Crippen molar-refractivity contribution in [3.05, 3.63) is 83.2 Å². The molecule has 0 saturated carbocycles. The summed E-state index contributed by atoms with van der Waals surface area (Å²) in [5.41, 5.74) is 0.0176. The number of benzene rings is 2. The highest BCUT2D eigenvalue weighted by molar-refractivity contribution is 7.27. The van der Waals surface area contributed by atoms with E-state index in [0.29, 0.717) is 11.1 Å². The molecule has 5 heteroatoms. The average molecular weight is 312 g/mol. The van der Waals surface area contributed by atoms with Crippen LogP contribution in [0, 0.1) is 0 Å². The third-order valence-corrected chi connectivity index (χ3v) is 4.23. The molecule has 2 aromatic carbocycles. The molecule has 3 rings (SSSR count). The number of cyclic esters (lactones) is 2. The summed E-state index contributed by atoms with van der Waals surface area (Å²) in [6, 6.07) is 17.9. The number of carbonyl (C=O) groups excluding carboxylic acids is 2. The summed E-state index contributed by atoms with van der Waals surface area (Å²) in [5, 5.41) is 0. The molecule has 0 aliphatic carbocycles. The van der Waals surface area contributed by atoms with Crippen LogP contribution in [0.25, 0.3) is 0 Å². The van der Waals surface area contributed by atoms with Gasteiger partial charge in [0.2, 0.25) is 0 Å². The molecular formula is C17H13O4P. The molecule has 0 spiro atoms. The molecule has 1 atom stereocenters. The second kappa shape index (κ2) is 5.74. The monoisotopic (exact) mass is 312 g/mol. The first-order valence-corrected chi connectivity index (χ1v) is 7.88. The number of ether oxygens (including phenoxy) is 1. The zero-order chi connectivity index (χ0) is 15.6. The number of hydrogen-bond acceptors (Lipinski definition) is 4. The van der Waals surface area contributed by atoms with Gasteiger partial charge in [-0.15, -0.1) is 0 Å². The molecule has 1 saturated heterocycles. The van der Waals surface area contributed by atoms with E-state index in [0.717, 1.165) is 0 Å². The van der Waals surface area contributed by atoms with E-state index in [1.807, 2.05) is 12.1 Å². The van der Waals surface area contributed by atoms with Crippen molar-refractivity contribution in [1.29, 1.82) is 0 Å². The van der Waals surface area contributed by atoms with Crippen LogP contribution in [0.2, 0.25) is 0 Å². The van der Waals surface area contributed by atoms with Crippen LogP contribution in [-0.4, -0.2) is 11.9 Å². The lowest BCUT2D eigenvalue weighted by Gasteiger charge is -2.26. The maximum atomic E-state index is 12.6. The Morgan fingerprint density at radius 3 is 1.82 bits per heavy atom. The van der Waals surface area contributed by atoms with E-state index in [2.05, 4.69) is 0 Å². The average Bonchev–Trinajstić information content (AvgIpc) is 2.81. The van der Waals surface area contributed by atoms with Crippen molar-refractivity contribution >= 4 is 20.4 Å². The molecular weight excluding hydrogens is 299 g/mol. The Morgan fingerprint density at radius 2 is 1.36 bits per heavy atom. The molecule has 0 amide bonds. The summed E-state index contributed by atoms with van der Waals surface area (Å²) in [6.45, 7) is 0. The Kier molecular flexibility index (Phi) is 3.78. The van der Waals surface area contributed by atoms with Gasteiger partial charge in [0.25, 0.3) is 0 Å². The number of hydrogen-bond donors (Lipinski definition) is 0. The first-order chi connectivity index (χ1) is 10.7. The minimum Gasteiger partial charge on any atom is -0.388 e. The van der Waals surface area contributed by atoms with Crippen molar-refractivity contribution in [3.8, 4) is 0 Å². The predicted molar refractivity (Wildman–Crippen MR) is 83.2 cm³/mol. The van der Waals surface area contributed by atoms with Crippen molar-refractivity contribution in [2.24, 2.45) is 0 Å². The molecule has 1 aliphatic rings. The van der Waals surface area contributed by atoms with Crippen LogP contribution in [0.1, 0.15) is 11.1 Å². The zero-order valence-electron chi connectivity index (χ0n) is 11.6. The van der Waals surface area contributed by atoms with Gasteiger partial charge in [0.05, 0.1) is 14.0 Å². The lowest BCUT2D eigenvalue weighted by atomic mass is 9.71. The van der Waals surface area contributed by atoms with Gasteiger partial charge in [-0.25, -0.2) is 9.59 Å². The topological polar surface area (TPSA) is 60.4 Å². The van der Waals surface area contributed by atoms with Crippen LogP contribution >= 0.6 is 8.46 Å². The Bertz CT molecular complexity index is 726. The van der Waals surface area contributed by atoms with E-state index < -0.39 is 25.8 Å². The van der Waals surface area contributed by atoms with Crippen molar-refractivity contribution in [3.63, 3.8) is 0 Å². The molecule has 2 aromatic rings. The van der Waals surface area contributed by atoms with Crippen LogP contribution in [0.15, 0.2) is 72.1 Å². The molecule has 1 unspecified atom stereocenters. The first kappa shape index (κ1) is 14.5. The zero-order valence-corrected chi connectivity index (χ0v) is 12.7. The van der Waals surface area contributed by atoms with Crippen LogP contribution in [0.3, 0.4) is 0 Å². The SMILES string of the molecule is O=[PH2]C=C1C(=O)OC(=O)C1(c1ccccc1)c1ccccc1. The van der Waals surface area contributed by atoms with Gasteiger partial charge >= 0.3 is 11.9 Å². The minimum atomic E-state index is -1.35. The maximum absolute atomic E-state index is 12.6. The van der Waals surface area contributed by atoms with Crippen molar-refractivity contribution < 1.29 is 18.9 Å². The summed E-state index contributed by atoms with van der Waals surface area (Å²) in [6.07, 6.45) is 0. The number of rotatable bonds is 3. The summed E-state index contributed by atoms with van der Waals surface area (Å²) >= 11 is 0. The van der Waals surface area contributed by atoms with Crippen molar-refractivity contribution in [1.82, 2.24) is 0 Å². The van der Waals surface area contributed by atoms with E-state index in [-0.39, 0.29) is 5.57 Å². The minimum absolute atomic E-state index is 0.125. The highest BCUT2D eigenvalue weighted by Gasteiger charge is 2.56. The van der Waals surface area contributed by atoms with Gasteiger partial charge in [0, 0.05) is 0 Å². The molecule has 4 nitrogen and oxygen atoms in total. The predicted octanol–water partition coefficient (Wildman–Crippen LogP) is 2.70. The second-order valence-corrected chi connectivity index (χ2v) is 5.48. The number of esters is 2. The standard InChI is InChI=1S/C17H13O4P/c18-15-14(11-22-20)17(16(19)21-15,12-7-3-1-4-8-12)13-9-5-2-6-10-13/h1-11H,22H2. The third-order valence-electron chi connectivity index (χ3n) is 3.76. The lowest BCUT2D eigenvalue weighted by Crippen LogP contribution is -2.34. The molecule has 1 heterocycles. The Morgan fingerprint density at radius 1 is 0.864 bits per heavy atom. The molecule has 0 N–H and O–H groups in total. The normalized spacial score (nSPS) is 19.0. The maximum Gasteiger partial charge on any atom is 0.343 e. The quantitative estimate of drug-likeness (QED) is 0.378. The summed E-state index contributed by atoms with van der Waals surface area (Å²) < 4.78 is 16.1. The van der Waals surface area contributed by atoms with Gasteiger partial charge in [0.15, 0.2) is 5.41 Å². The molecule has 1 aliphatic heterocycles. The van der Waals surface area contributed by atoms with E-state index in [1.165, 1.54) is 5.82 Å². The number of carbonyl (C=O) groups is 2. The van der Waals surface area contributed by atoms with E-state index in [4.69, 9.17) is 4.74 Å². The summed E-state index contributed by atoms with van der Waals surface area (Å²) in [5.74, 6) is -0.0807. The molecule has 0 bridgehead atoms. The highest BCUT2D eigenvalue weighted by Crippen LogP contribution is 2.45. The largest absolute Gasteiger partial charge is 0.388 e. The van der Waals surface area contributed by atoms with Gasteiger partial charge in [-0.2, -0.15) is 0 Å². The third kappa shape index (κ3) is 2.04. The van der Waals surface area contributed by atoms with Crippen LogP contribution in [-0.2, 0) is 24.3 Å². The van der Waals surface area contributed by atoms with Gasteiger partial charge in [0.1, 0.15) is 0 Å². The van der Waals surface area contributed by atoms with Gasteiger partial charge in [-0.3, -0.25) is 0 Å². The van der Waals surface area contributed by atoms with Crippen LogP contribution < -0.4 is 0 Å². The van der Waals surface area contributed by atoms with Gasteiger partial charge < -0.3 is 9.30 Å². The molecule has 0 aromatic heterocycles. The van der Waals surface area contributed by atoms with Gasteiger partial charge in [-0.05, 0) is 16.9 Å². The summed E-state index contributed by atoms with van der Waals surface area (Å²) in [4.78, 5) is 24.7. The Hall–Kier alpha value is -2.45. The summed E-state index contributed by atoms with van der Waals surface area (Å²) in [7, 11) is -1.33. The Balaban J connectivity index is 2.38. The molecule has 0 radical (unpaired) electrons. The molecule has 1 fully saturated rings. The Labute approximate surface area is 128 Å². The van der Waals surface area contributed by atoms with Crippen molar-refractivity contribution in [2.45, 2.75) is 5.41 Å². The van der Waals surface area contributed by atoms with E-state index in [1.54, 1.807) is 48.5 Å². The molecule has 110 valence electrons. The van der Waals surface area contributed by atoms with Crippen LogP contribution in [0.4, 0.5) is 0 Å². The van der Waals surface area contributed by atoms with E-state index in [9.17, 15) is 14.2 Å². The van der Waals surface area contributed by atoms with Gasteiger partial charge in [-0.1, -0.05) is 60.7 Å². The lowest BCUT2D eigenvalue weighted by molar-refractivity contribution is -0.152. The van der Waals surface area contributed by atoms with E-state index >= 15 is 0 Å². The fraction of sp³-hybridized carbons (Fsp3) is 0.0588. The highest BCUT2D eigenvalue weighted by atomic mass is 31.1. The fourth-order valence-corrected chi connectivity index (χ4v) is 3.35. The van der Waals surface area contributed by atoms with Crippen molar-refractivity contribution in [2.75, 3.05) is 0 Å². The molecule has 22 heavy (non-hydrogen) atoms. The van der Waals surface area contributed by atoms with Crippen LogP contribution in [0.5, 0.6) is 0 Å². The fourth-order valence-electron chi connectivity index (χ4n) is 2.83. The second-order valence-electron chi connectivity index (χ2n) is 4.88. The smallest absolute Gasteiger partial charge is 0.343 e.